The van der Waals surface area contributed by atoms with Gasteiger partial charge < -0.3 is 15.4 Å². The Morgan fingerprint density at radius 2 is 1.36 bits per heavy atom. The summed E-state index contributed by atoms with van der Waals surface area (Å²) < 4.78 is 5.61. The van der Waals surface area contributed by atoms with E-state index in [4.69, 9.17) is 15.9 Å². The molecule has 7 nitrogen and oxygen atoms in total. The maximum absolute atomic E-state index is 13.0. The lowest BCUT2D eigenvalue weighted by Crippen LogP contribution is -2.49. The Morgan fingerprint density at radius 3 is 1.89 bits per heavy atom. The molecule has 0 spiro atoms. The first-order valence-electron chi connectivity index (χ1n) is 12.3. The van der Waals surface area contributed by atoms with Crippen LogP contribution in [0.25, 0.3) is 11.1 Å². The lowest BCUT2D eigenvalue weighted by Gasteiger charge is -2.34. The molecule has 2 aromatic carbocycles. The molecule has 2 aromatic rings. The number of amides is 1. The summed E-state index contributed by atoms with van der Waals surface area (Å²) in [5, 5.41) is 7.50. The summed E-state index contributed by atoms with van der Waals surface area (Å²) in [5.74, 6) is -0.0109. The number of nitrogens with two attached hydrogens (primary N) is 1. The number of rotatable bonds is 7. The zero-order valence-electron chi connectivity index (χ0n) is 20.5. The van der Waals surface area contributed by atoms with E-state index in [0.717, 1.165) is 49.9 Å². The Balaban J connectivity index is 0.00000228. The topological polar surface area (TPSA) is 99.7 Å². The molecule has 4 rings (SSSR count). The van der Waals surface area contributed by atoms with Gasteiger partial charge in [-0.15, -0.1) is 24.8 Å². The largest absolute Gasteiger partial charge is 0.462 e. The Hall–Kier alpha value is -2.61. The van der Waals surface area contributed by atoms with Crippen LogP contribution in [0.2, 0.25) is 0 Å². The summed E-state index contributed by atoms with van der Waals surface area (Å²) in [7, 11) is 0. The van der Waals surface area contributed by atoms with Gasteiger partial charge in [-0.05, 0) is 48.9 Å². The van der Waals surface area contributed by atoms with Gasteiger partial charge in [0, 0.05) is 43.9 Å². The van der Waals surface area contributed by atoms with Gasteiger partial charge in [0.05, 0.1) is 6.42 Å². The van der Waals surface area contributed by atoms with Crippen molar-refractivity contribution in [1.82, 2.24) is 9.80 Å². The minimum absolute atomic E-state index is 0. The van der Waals surface area contributed by atoms with Crippen molar-refractivity contribution in [2.24, 2.45) is 5.73 Å². The van der Waals surface area contributed by atoms with Gasteiger partial charge >= 0.3 is 5.97 Å². The zero-order chi connectivity index (χ0) is 23.9. The maximum atomic E-state index is 13.0. The number of halogens is 2. The van der Waals surface area contributed by atoms with Crippen molar-refractivity contribution in [1.29, 1.82) is 5.41 Å². The number of piperazine rings is 1. The molecule has 0 bridgehead atoms. The van der Waals surface area contributed by atoms with E-state index in [-0.39, 0.29) is 48.6 Å². The minimum Gasteiger partial charge on any atom is -0.462 e. The van der Waals surface area contributed by atoms with Crippen LogP contribution in [0.4, 0.5) is 0 Å². The molecule has 0 aromatic heterocycles. The predicted molar refractivity (Wildman–Crippen MR) is 147 cm³/mol. The van der Waals surface area contributed by atoms with Crippen LogP contribution in [0.15, 0.2) is 48.5 Å². The van der Waals surface area contributed by atoms with Crippen molar-refractivity contribution in [2.75, 3.05) is 32.7 Å². The molecule has 1 aliphatic carbocycles. The van der Waals surface area contributed by atoms with Crippen LogP contribution in [0.5, 0.6) is 0 Å². The number of benzene rings is 2. The molecule has 9 heteroatoms. The molecule has 0 atom stereocenters. The van der Waals surface area contributed by atoms with E-state index >= 15 is 0 Å². The number of nitrogens with zero attached hydrogens (tertiary/aromatic N) is 2. The quantitative estimate of drug-likeness (QED) is 0.309. The van der Waals surface area contributed by atoms with Gasteiger partial charge in [-0.1, -0.05) is 42.8 Å². The van der Waals surface area contributed by atoms with Crippen molar-refractivity contribution >= 4 is 42.5 Å². The second-order valence-corrected chi connectivity index (χ2v) is 9.20. The molecular weight excluding hydrogens is 499 g/mol. The molecule has 1 aliphatic heterocycles. The Kier molecular flexibility index (Phi) is 11.7. The van der Waals surface area contributed by atoms with Crippen LogP contribution in [-0.2, 0) is 9.53 Å². The van der Waals surface area contributed by atoms with Crippen molar-refractivity contribution < 1.29 is 14.3 Å². The second kappa shape index (κ2) is 14.2. The lowest BCUT2D eigenvalue weighted by molar-refractivity contribution is -0.150. The summed E-state index contributed by atoms with van der Waals surface area (Å²) in [4.78, 5) is 29.2. The molecule has 2 aliphatic rings. The van der Waals surface area contributed by atoms with Crippen LogP contribution in [0.1, 0.15) is 54.4 Å². The summed E-state index contributed by atoms with van der Waals surface area (Å²) in [6.07, 6.45) is 6.09. The first-order chi connectivity index (χ1) is 16.5. The first-order valence-corrected chi connectivity index (χ1v) is 12.3. The van der Waals surface area contributed by atoms with E-state index in [2.05, 4.69) is 4.90 Å². The van der Waals surface area contributed by atoms with Crippen LogP contribution in [0.3, 0.4) is 0 Å². The highest BCUT2D eigenvalue weighted by molar-refractivity contribution is 5.96. The van der Waals surface area contributed by atoms with E-state index < -0.39 is 0 Å². The van der Waals surface area contributed by atoms with E-state index in [0.29, 0.717) is 37.2 Å². The highest BCUT2D eigenvalue weighted by Crippen LogP contribution is 2.22. The van der Waals surface area contributed by atoms with Gasteiger partial charge in [0.15, 0.2) is 0 Å². The molecule has 2 fully saturated rings. The molecule has 1 saturated heterocycles. The molecule has 0 unspecified atom stereocenters. The van der Waals surface area contributed by atoms with Gasteiger partial charge in [-0.25, -0.2) is 0 Å². The number of nitrogens with one attached hydrogen (secondary N) is 1. The van der Waals surface area contributed by atoms with Crippen molar-refractivity contribution in [2.45, 2.75) is 44.6 Å². The summed E-state index contributed by atoms with van der Waals surface area (Å²) >= 11 is 0. The molecule has 0 radical (unpaired) electrons. The zero-order valence-corrected chi connectivity index (χ0v) is 22.1. The maximum Gasteiger partial charge on any atom is 0.307 e. The third kappa shape index (κ3) is 7.95. The van der Waals surface area contributed by atoms with Crippen molar-refractivity contribution in [3.8, 4) is 11.1 Å². The SMILES string of the molecule is Cl.Cl.N=C(N)c1ccc(-c2ccc(C(=O)N3CCN(CCC(=O)OC4CCCCC4)CC3)cc2)cc1. The number of ether oxygens (including phenoxy) is 1. The van der Waals surface area contributed by atoms with Crippen molar-refractivity contribution in [3.63, 3.8) is 0 Å². The van der Waals surface area contributed by atoms with Gasteiger partial charge in [0.1, 0.15) is 11.9 Å². The number of hydrogen-bond donors (Lipinski definition) is 2. The summed E-state index contributed by atoms with van der Waals surface area (Å²) in [5.41, 5.74) is 8.91. The van der Waals surface area contributed by atoms with Crippen molar-refractivity contribution in [3.05, 3.63) is 59.7 Å². The van der Waals surface area contributed by atoms with E-state index in [1.54, 1.807) is 0 Å². The fraction of sp³-hybridized carbons (Fsp3) is 0.444. The number of hydrogen-bond acceptors (Lipinski definition) is 5. The van der Waals surface area contributed by atoms with Crippen LogP contribution >= 0.6 is 24.8 Å². The summed E-state index contributed by atoms with van der Waals surface area (Å²) in [6.45, 7) is 3.53. The molecule has 1 heterocycles. The molecule has 1 saturated carbocycles. The number of esters is 1. The minimum atomic E-state index is -0.0959. The highest BCUT2D eigenvalue weighted by Gasteiger charge is 2.23. The third-order valence-corrected chi connectivity index (χ3v) is 6.80. The number of carbonyl (C=O) groups is 2. The van der Waals surface area contributed by atoms with E-state index in [9.17, 15) is 9.59 Å². The fourth-order valence-electron chi connectivity index (χ4n) is 4.68. The van der Waals surface area contributed by atoms with Gasteiger partial charge in [0.2, 0.25) is 0 Å². The number of nitrogen functional groups attached to an aromatic ring is 1. The standard InChI is InChI=1S/C27H34N4O3.2ClH/c28-26(29)22-10-6-20(7-11-22)21-8-12-23(13-9-21)27(33)31-18-16-30(17-19-31)15-14-25(32)34-24-4-2-1-3-5-24;;/h6-13,24H,1-5,14-19H2,(H3,28,29);2*1H. The summed E-state index contributed by atoms with van der Waals surface area (Å²) in [6, 6.07) is 15.1. The monoisotopic (exact) mass is 534 g/mol. The third-order valence-electron chi connectivity index (χ3n) is 6.80. The predicted octanol–water partition coefficient (Wildman–Crippen LogP) is 4.51. The van der Waals surface area contributed by atoms with Crippen LogP contribution in [-0.4, -0.2) is 66.3 Å². The number of carbonyl (C=O) groups excluding carboxylic acids is 2. The van der Waals surface area contributed by atoms with Gasteiger partial charge in [0.25, 0.3) is 5.91 Å². The Labute approximate surface area is 225 Å². The van der Waals surface area contributed by atoms with Gasteiger partial charge in [-0.2, -0.15) is 0 Å². The van der Waals surface area contributed by atoms with E-state index in [1.165, 1.54) is 6.42 Å². The van der Waals surface area contributed by atoms with Crippen LogP contribution < -0.4 is 5.73 Å². The first kappa shape index (κ1) is 29.6. The second-order valence-electron chi connectivity index (χ2n) is 9.20. The average molecular weight is 536 g/mol. The van der Waals surface area contributed by atoms with E-state index in [1.807, 2.05) is 53.4 Å². The smallest absolute Gasteiger partial charge is 0.307 e. The highest BCUT2D eigenvalue weighted by atomic mass is 35.5. The molecule has 36 heavy (non-hydrogen) atoms. The molecule has 3 N–H and O–H groups in total. The molecule has 196 valence electrons. The van der Waals surface area contributed by atoms with Crippen LogP contribution in [0, 0.1) is 5.41 Å². The normalized spacial score (nSPS) is 16.4. The van der Waals surface area contributed by atoms with Gasteiger partial charge in [-0.3, -0.25) is 19.9 Å². The Bertz CT molecular complexity index is 1000. The molecular formula is C27H36Cl2N4O3. The molecule has 1 amide bonds. The lowest BCUT2D eigenvalue weighted by atomic mass is 9.98. The number of amidine groups is 1. The fourth-order valence-corrected chi connectivity index (χ4v) is 4.68. The average Bonchev–Trinajstić information content (AvgIpc) is 2.88. The Morgan fingerprint density at radius 1 is 0.833 bits per heavy atom.